The highest BCUT2D eigenvalue weighted by Gasteiger charge is 2.38. The van der Waals surface area contributed by atoms with Gasteiger partial charge in [-0.25, -0.2) is 8.42 Å². The molecule has 2 aromatic carbocycles. The maximum Gasteiger partial charge on any atom is 0.243 e. The molecule has 7 nitrogen and oxygen atoms in total. The normalized spacial score (nSPS) is 18.8. The number of hydrogen-bond donors (Lipinski definition) is 0. The van der Waals surface area contributed by atoms with Gasteiger partial charge < -0.3 is 9.80 Å². The second kappa shape index (κ2) is 9.03. The zero-order valence-electron chi connectivity index (χ0n) is 18.5. The fourth-order valence-corrected chi connectivity index (χ4v) is 6.07. The van der Waals surface area contributed by atoms with E-state index in [0.29, 0.717) is 31.9 Å². The van der Waals surface area contributed by atoms with Crippen LogP contribution in [0.4, 0.5) is 11.4 Å². The van der Waals surface area contributed by atoms with Gasteiger partial charge in [0.25, 0.3) is 0 Å². The monoisotopic (exact) mass is 455 g/mol. The summed E-state index contributed by atoms with van der Waals surface area (Å²) in [5, 5.41) is 0. The van der Waals surface area contributed by atoms with E-state index in [0.717, 1.165) is 18.5 Å². The van der Waals surface area contributed by atoms with Crippen molar-refractivity contribution in [2.75, 3.05) is 36.0 Å². The molecule has 0 aromatic heterocycles. The average molecular weight is 456 g/mol. The molecule has 0 bridgehead atoms. The highest BCUT2D eigenvalue weighted by atomic mass is 32.2. The Morgan fingerprint density at radius 1 is 1.06 bits per heavy atom. The van der Waals surface area contributed by atoms with Crippen molar-refractivity contribution in [3.05, 3.63) is 54.1 Å². The van der Waals surface area contributed by atoms with Crippen LogP contribution in [0.1, 0.15) is 32.3 Å². The summed E-state index contributed by atoms with van der Waals surface area (Å²) in [7, 11) is -3.55. The van der Waals surface area contributed by atoms with Crippen LogP contribution in [0, 0.1) is 5.92 Å². The highest BCUT2D eigenvalue weighted by molar-refractivity contribution is 7.89. The van der Waals surface area contributed by atoms with E-state index >= 15 is 0 Å². The molecule has 0 radical (unpaired) electrons. The number of fused-ring (bicyclic) bond motifs is 1. The van der Waals surface area contributed by atoms with Crippen LogP contribution in [-0.2, 0) is 26.0 Å². The number of anilines is 2. The Bertz CT molecular complexity index is 1110. The number of rotatable bonds is 6. The maximum atomic E-state index is 13.3. The Kier molecular flexibility index (Phi) is 6.35. The molecule has 4 rings (SSSR count). The van der Waals surface area contributed by atoms with Gasteiger partial charge in [0, 0.05) is 44.0 Å². The van der Waals surface area contributed by atoms with Gasteiger partial charge in [-0.3, -0.25) is 9.59 Å². The van der Waals surface area contributed by atoms with Gasteiger partial charge in [-0.2, -0.15) is 4.31 Å². The molecule has 2 amide bonds. The van der Waals surface area contributed by atoms with Crippen LogP contribution in [0.2, 0.25) is 0 Å². The SMILES string of the molecule is CCN(CC)S(=O)(=O)c1ccc(N2C[C@H](C(=O)N3CCCc4ccccc43)CC2=O)cc1. The first kappa shape index (κ1) is 22.5. The van der Waals surface area contributed by atoms with E-state index < -0.39 is 15.9 Å². The quantitative estimate of drug-likeness (QED) is 0.671. The molecule has 0 unspecified atom stereocenters. The van der Waals surface area contributed by atoms with Crippen molar-refractivity contribution in [3.8, 4) is 0 Å². The molecule has 170 valence electrons. The Hall–Kier alpha value is -2.71. The van der Waals surface area contributed by atoms with Crippen molar-refractivity contribution in [1.82, 2.24) is 4.31 Å². The predicted octanol–water partition coefficient (Wildman–Crippen LogP) is 3.05. The van der Waals surface area contributed by atoms with Gasteiger partial charge in [0.05, 0.1) is 10.8 Å². The van der Waals surface area contributed by atoms with Crippen LogP contribution in [0.15, 0.2) is 53.4 Å². The molecule has 1 atom stereocenters. The first-order valence-electron chi connectivity index (χ1n) is 11.2. The lowest BCUT2D eigenvalue weighted by Gasteiger charge is -2.31. The summed E-state index contributed by atoms with van der Waals surface area (Å²) in [6.45, 7) is 5.37. The molecule has 8 heteroatoms. The summed E-state index contributed by atoms with van der Waals surface area (Å²) in [6.07, 6.45) is 2.03. The zero-order valence-corrected chi connectivity index (χ0v) is 19.3. The van der Waals surface area contributed by atoms with Gasteiger partial charge in [0.2, 0.25) is 21.8 Å². The van der Waals surface area contributed by atoms with Gasteiger partial charge >= 0.3 is 0 Å². The van der Waals surface area contributed by atoms with Crippen LogP contribution in [0.3, 0.4) is 0 Å². The van der Waals surface area contributed by atoms with E-state index in [1.165, 1.54) is 22.0 Å². The third-order valence-corrected chi connectivity index (χ3v) is 8.41. The van der Waals surface area contributed by atoms with Crippen LogP contribution >= 0.6 is 0 Å². The Morgan fingerprint density at radius 2 is 1.75 bits per heavy atom. The lowest BCUT2D eigenvalue weighted by molar-refractivity contribution is -0.124. The molecular weight excluding hydrogens is 426 g/mol. The predicted molar refractivity (Wildman–Crippen MR) is 124 cm³/mol. The van der Waals surface area contributed by atoms with E-state index in [1.54, 1.807) is 30.9 Å². The average Bonchev–Trinajstić information content (AvgIpc) is 3.20. The highest BCUT2D eigenvalue weighted by Crippen LogP contribution is 2.32. The molecular formula is C24H29N3O4S. The van der Waals surface area contributed by atoms with Crippen molar-refractivity contribution in [3.63, 3.8) is 0 Å². The Morgan fingerprint density at radius 3 is 2.44 bits per heavy atom. The third kappa shape index (κ3) is 4.04. The molecule has 0 spiro atoms. The number of carbonyl (C=O) groups excluding carboxylic acids is 2. The standard InChI is InChI=1S/C24H29N3O4S/c1-3-25(4-2)32(30,31)21-13-11-20(12-14-21)27-17-19(16-23(27)28)24(29)26-15-7-9-18-8-5-6-10-22(18)26/h5-6,8,10-14,19H,3-4,7,9,15-17H2,1-2H3/t19-/m1/s1. The van der Waals surface area contributed by atoms with Gasteiger partial charge in [-0.15, -0.1) is 0 Å². The van der Waals surface area contributed by atoms with Crippen molar-refractivity contribution >= 4 is 33.2 Å². The molecule has 2 aliphatic heterocycles. The van der Waals surface area contributed by atoms with E-state index in [2.05, 4.69) is 6.07 Å². The third-order valence-electron chi connectivity index (χ3n) is 6.34. The van der Waals surface area contributed by atoms with Crippen molar-refractivity contribution < 1.29 is 18.0 Å². The number of benzene rings is 2. The van der Waals surface area contributed by atoms with Crippen LogP contribution in [-0.4, -0.2) is 50.7 Å². The molecule has 2 aliphatic rings. The Balaban J connectivity index is 1.51. The molecule has 1 saturated heterocycles. The second-order valence-corrected chi connectivity index (χ2v) is 10.1. The van der Waals surface area contributed by atoms with Gasteiger partial charge in [0.1, 0.15) is 0 Å². The number of aryl methyl sites for hydroxylation is 1. The van der Waals surface area contributed by atoms with E-state index in [1.807, 2.05) is 23.1 Å². The maximum absolute atomic E-state index is 13.3. The Labute approximate surface area is 189 Å². The van der Waals surface area contributed by atoms with Gasteiger partial charge in [0.15, 0.2) is 0 Å². The smallest absolute Gasteiger partial charge is 0.243 e. The van der Waals surface area contributed by atoms with Crippen molar-refractivity contribution in [1.29, 1.82) is 0 Å². The number of nitrogens with zero attached hydrogens (tertiary/aromatic N) is 3. The van der Waals surface area contributed by atoms with Crippen molar-refractivity contribution in [2.24, 2.45) is 5.92 Å². The number of para-hydroxylation sites is 1. The molecule has 2 heterocycles. The lowest BCUT2D eigenvalue weighted by atomic mass is 9.99. The molecule has 32 heavy (non-hydrogen) atoms. The molecule has 0 N–H and O–H groups in total. The first-order valence-corrected chi connectivity index (χ1v) is 12.6. The lowest BCUT2D eigenvalue weighted by Crippen LogP contribution is -2.40. The summed E-state index contributed by atoms with van der Waals surface area (Å²) < 4.78 is 26.8. The summed E-state index contributed by atoms with van der Waals surface area (Å²) in [4.78, 5) is 29.6. The van der Waals surface area contributed by atoms with Gasteiger partial charge in [-0.1, -0.05) is 32.0 Å². The minimum atomic E-state index is -3.55. The minimum absolute atomic E-state index is 0.0197. The number of amides is 2. The fourth-order valence-electron chi connectivity index (χ4n) is 4.62. The second-order valence-electron chi connectivity index (χ2n) is 8.21. The minimum Gasteiger partial charge on any atom is -0.312 e. The van der Waals surface area contributed by atoms with Crippen molar-refractivity contribution in [2.45, 2.75) is 38.0 Å². The fraction of sp³-hybridized carbons (Fsp3) is 0.417. The summed E-state index contributed by atoms with van der Waals surface area (Å²) in [6, 6.07) is 14.3. The molecule has 0 aliphatic carbocycles. The van der Waals surface area contributed by atoms with E-state index in [4.69, 9.17) is 0 Å². The summed E-state index contributed by atoms with van der Waals surface area (Å²) in [5.74, 6) is -0.547. The molecule has 1 fully saturated rings. The topological polar surface area (TPSA) is 78.0 Å². The van der Waals surface area contributed by atoms with E-state index in [9.17, 15) is 18.0 Å². The van der Waals surface area contributed by atoms with Gasteiger partial charge in [-0.05, 0) is 48.7 Å². The number of sulfonamides is 1. The number of carbonyl (C=O) groups is 2. The summed E-state index contributed by atoms with van der Waals surface area (Å²) in [5.41, 5.74) is 2.72. The van der Waals surface area contributed by atoms with Crippen LogP contribution < -0.4 is 9.80 Å². The van der Waals surface area contributed by atoms with Crippen LogP contribution in [0.25, 0.3) is 0 Å². The van der Waals surface area contributed by atoms with Crippen LogP contribution in [0.5, 0.6) is 0 Å². The number of hydrogen-bond acceptors (Lipinski definition) is 4. The largest absolute Gasteiger partial charge is 0.312 e. The van der Waals surface area contributed by atoms with E-state index in [-0.39, 0.29) is 23.1 Å². The zero-order chi connectivity index (χ0) is 22.9. The molecule has 2 aromatic rings. The molecule has 0 saturated carbocycles. The first-order chi connectivity index (χ1) is 15.4. The summed E-state index contributed by atoms with van der Waals surface area (Å²) >= 11 is 0.